The van der Waals surface area contributed by atoms with Crippen LogP contribution < -0.4 is 5.73 Å². The molecule has 20 heavy (non-hydrogen) atoms. The molecule has 1 fully saturated rings. The molecule has 0 bridgehead atoms. The van der Waals surface area contributed by atoms with Crippen molar-refractivity contribution >= 4 is 11.7 Å². The Morgan fingerprint density at radius 1 is 1.40 bits per heavy atom. The topological polar surface area (TPSA) is 78.9 Å². The lowest BCUT2D eigenvalue weighted by Gasteiger charge is -2.39. The molecule has 0 spiro atoms. The van der Waals surface area contributed by atoms with E-state index in [4.69, 9.17) is 10.9 Å². The fraction of sp³-hybridized carbons (Fsp3) is 0.867. The normalized spacial score (nSPS) is 24.5. The molecule has 1 amide bonds. The van der Waals surface area contributed by atoms with Crippen molar-refractivity contribution in [1.82, 2.24) is 4.90 Å². The molecule has 1 rings (SSSR count). The largest absolute Gasteiger partial charge is 0.409 e. The Morgan fingerprint density at radius 2 is 2.00 bits per heavy atom. The lowest BCUT2D eigenvalue weighted by molar-refractivity contribution is -0.140. The maximum Gasteiger partial charge on any atom is 0.236 e. The van der Waals surface area contributed by atoms with Gasteiger partial charge in [-0.3, -0.25) is 4.79 Å². The molecule has 0 aromatic heterocycles. The Hall–Kier alpha value is -1.26. The van der Waals surface area contributed by atoms with E-state index in [-0.39, 0.29) is 17.8 Å². The predicted octanol–water partition coefficient (Wildman–Crippen LogP) is 2.58. The van der Waals surface area contributed by atoms with Crippen LogP contribution in [0.2, 0.25) is 0 Å². The highest BCUT2D eigenvalue weighted by Gasteiger charge is 2.43. The summed E-state index contributed by atoms with van der Waals surface area (Å²) in [4.78, 5) is 14.7. The zero-order chi connectivity index (χ0) is 15.3. The van der Waals surface area contributed by atoms with E-state index in [1.165, 1.54) is 6.42 Å². The van der Waals surface area contributed by atoms with Gasteiger partial charge in [-0.15, -0.1) is 0 Å². The number of carbonyl (C=O) groups is 1. The van der Waals surface area contributed by atoms with Crippen molar-refractivity contribution in [3.63, 3.8) is 0 Å². The second-order valence-electron chi connectivity index (χ2n) is 6.12. The molecule has 0 saturated heterocycles. The number of amidine groups is 1. The molecule has 5 heteroatoms. The van der Waals surface area contributed by atoms with Crippen LogP contribution in [-0.2, 0) is 4.79 Å². The van der Waals surface area contributed by atoms with Crippen molar-refractivity contribution in [2.45, 2.75) is 65.3 Å². The Kier molecular flexibility index (Phi) is 5.84. The fourth-order valence-electron chi connectivity index (χ4n) is 3.38. The van der Waals surface area contributed by atoms with Crippen LogP contribution in [-0.4, -0.2) is 34.9 Å². The van der Waals surface area contributed by atoms with Crippen LogP contribution in [0, 0.1) is 11.3 Å². The first-order valence-electron chi connectivity index (χ1n) is 7.68. The SMILES string of the molecule is CCC(CC)(C(=O)N(C)C1CCCC(C)C1)C(N)=NO. The van der Waals surface area contributed by atoms with Gasteiger partial charge < -0.3 is 15.8 Å². The highest BCUT2D eigenvalue weighted by Crippen LogP contribution is 2.33. The van der Waals surface area contributed by atoms with Gasteiger partial charge in [0, 0.05) is 13.1 Å². The van der Waals surface area contributed by atoms with E-state index >= 15 is 0 Å². The Labute approximate surface area is 122 Å². The number of amides is 1. The van der Waals surface area contributed by atoms with Gasteiger partial charge in [-0.2, -0.15) is 0 Å². The summed E-state index contributed by atoms with van der Waals surface area (Å²) < 4.78 is 0. The summed E-state index contributed by atoms with van der Waals surface area (Å²) in [5, 5.41) is 12.1. The Balaban J connectivity index is 2.94. The van der Waals surface area contributed by atoms with E-state index in [9.17, 15) is 4.79 Å². The second kappa shape index (κ2) is 6.95. The first-order chi connectivity index (χ1) is 9.42. The molecule has 0 aromatic rings. The summed E-state index contributed by atoms with van der Waals surface area (Å²) in [6.07, 6.45) is 5.59. The summed E-state index contributed by atoms with van der Waals surface area (Å²) in [6, 6.07) is 0.273. The van der Waals surface area contributed by atoms with Crippen molar-refractivity contribution < 1.29 is 10.0 Å². The second-order valence-corrected chi connectivity index (χ2v) is 6.12. The third-order valence-electron chi connectivity index (χ3n) is 4.99. The van der Waals surface area contributed by atoms with Gasteiger partial charge in [-0.05, 0) is 31.6 Å². The average Bonchev–Trinajstić information content (AvgIpc) is 2.47. The van der Waals surface area contributed by atoms with E-state index in [1.54, 1.807) is 0 Å². The average molecular weight is 283 g/mol. The van der Waals surface area contributed by atoms with Crippen LogP contribution in [0.3, 0.4) is 0 Å². The highest BCUT2D eigenvalue weighted by molar-refractivity contribution is 6.06. The molecule has 0 heterocycles. The van der Waals surface area contributed by atoms with Gasteiger partial charge in [0.1, 0.15) is 5.41 Å². The molecule has 5 nitrogen and oxygen atoms in total. The van der Waals surface area contributed by atoms with E-state index in [2.05, 4.69) is 12.1 Å². The van der Waals surface area contributed by atoms with Crippen LogP contribution in [0.15, 0.2) is 5.16 Å². The molecule has 1 aliphatic carbocycles. The van der Waals surface area contributed by atoms with E-state index in [0.717, 1.165) is 19.3 Å². The zero-order valence-corrected chi connectivity index (χ0v) is 13.2. The predicted molar refractivity (Wildman–Crippen MR) is 80.6 cm³/mol. The lowest BCUT2D eigenvalue weighted by atomic mass is 9.78. The number of carbonyl (C=O) groups excluding carboxylic acids is 1. The van der Waals surface area contributed by atoms with E-state index in [1.807, 2.05) is 25.8 Å². The monoisotopic (exact) mass is 283 g/mol. The number of hydrogen-bond donors (Lipinski definition) is 2. The van der Waals surface area contributed by atoms with Crippen LogP contribution >= 0.6 is 0 Å². The van der Waals surface area contributed by atoms with Gasteiger partial charge in [-0.25, -0.2) is 0 Å². The smallest absolute Gasteiger partial charge is 0.236 e. The minimum atomic E-state index is -0.871. The van der Waals surface area contributed by atoms with Gasteiger partial charge in [0.15, 0.2) is 5.84 Å². The first kappa shape index (κ1) is 16.8. The molecule has 1 saturated carbocycles. The van der Waals surface area contributed by atoms with Gasteiger partial charge in [0.25, 0.3) is 0 Å². The van der Waals surface area contributed by atoms with Gasteiger partial charge in [0.05, 0.1) is 0 Å². The highest BCUT2D eigenvalue weighted by atomic mass is 16.4. The summed E-state index contributed by atoms with van der Waals surface area (Å²) in [6.45, 7) is 6.06. The molecule has 2 atom stereocenters. The quantitative estimate of drug-likeness (QED) is 0.352. The van der Waals surface area contributed by atoms with Crippen molar-refractivity contribution in [2.24, 2.45) is 22.2 Å². The van der Waals surface area contributed by atoms with E-state index in [0.29, 0.717) is 18.8 Å². The minimum absolute atomic E-state index is 0.0168. The standard InChI is InChI=1S/C15H29N3O2/c1-5-15(6-2,13(16)17-20)14(19)18(4)12-9-7-8-11(3)10-12/h11-12,20H,5-10H2,1-4H3,(H2,16,17). The van der Waals surface area contributed by atoms with Crippen LogP contribution in [0.1, 0.15) is 59.3 Å². The van der Waals surface area contributed by atoms with Crippen molar-refractivity contribution in [3.8, 4) is 0 Å². The number of hydrogen-bond acceptors (Lipinski definition) is 3. The number of nitrogens with zero attached hydrogens (tertiary/aromatic N) is 2. The summed E-state index contributed by atoms with van der Waals surface area (Å²) >= 11 is 0. The lowest BCUT2D eigenvalue weighted by Crippen LogP contribution is -2.53. The third-order valence-corrected chi connectivity index (χ3v) is 4.99. The van der Waals surface area contributed by atoms with Crippen LogP contribution in [0.25, 0.3) is 0 Å². The van der Waals surface area contributed by atoms with Crippen molar-refractivity contribution in [3.05, 3.63) is 0 Å². The molecule has 116 valence electrons. The van der Waals surface area contributed by atoms with Crippen LogP contribution in [0.5, 0.6) is 0 Å². The maximum atomic E-state index is 12.9. The fourth-order valence-corrected chi connectivity index (χ4v) is 3.38. The summed E-state index contributed by atoms with van der Waals surface area (Å²) in [5.41, 5.74) is 4.95. The Bertz CT molecular complexity index is 364. The first-order valence-corrected chi connectivity index (χ1v) is 7.68. The zero-order valence-electron chi connectivity index (χ0n) is 13.2. The molecule has 3 N–H and O–H groups in total. The summed E-state index contributed by atoms with van der Waals surface area (Å²) in [5.74, 6) is 0.672. The van der Waals surface area contributed by atoms with Crippen molar-refractivity contribution in [1.29, 1.82) is 0 Å². The molecule has 0 aromatic carbocycles. The van der Waals surface area contributed by atoms with E-state index < -0.39 is 5.41 Å². The number of nitrogens with two attached hydrogens (primary N) is 1. The third kappa shape index (κ3) is 3.07. The molecular weight excluding hydrogens is 254 g/mol. The molecule has 1 aliphatic rings. The summed E-state index contributed by atoms with van der Waals surface area (Å²) in [7, 11) is 1.86. The number of rotatable bonds is 5. The maximum absolute atomic E-state index is 12.9. The van der Waals surface area contributed by atoms with Gasteiger partial charge >= 0.3 is 0 Å². The Morgan fingerprint density at radius 3 is 2.45 bits per heavy atom. The molecule has 2 unspecified atom stereocenters. The van der Waals surface area contributed by atoms with Gasteiger partial charge in [-0.1, -0.05) is 38.8 Å². The number of oxime groups is 1. The van der Waals surface area contributed by atoms with Crippen LogP contribution in [0.4, 0.5) is 0 Å². The molecule has 0 radical (unpaired) electrons. The molecular formula is C15H29N3O2. The van der Waals surface area contributed by atoms with Crippen molar-refractivity contribution in [2.75, 3.05) is 7.05 Å². The van der Waals surface area contributed by atoms with Gasteiger partial charge in [0.2, 0.25) is 5.91 Å². The minimum Gasteiger partial charge on any atom is -0.409 e. The molecule has 0 aliphatic heterocycles.